The van der Waals surface area contributed by atoms with Crippen LogP contribution in [0.5, 0.6) is 5.75 Å². The van der Waals surface area contributed by atoms with Gasteiger partial charge in [-0.25, -0.2) is 8.42 Å². The van der Waals surface area contributed by atoms with Crippen molar-refractivity contribution in [3.8, 4) is 5.75 Å². The lowest BCUT2D eigenvalue weighted by Crippen LogP contribution is -2.23. The zero-order valence-electron chi connectivity index (χ0n) is 13.8. The predicted octanol–water partition coefficient (Wildman–Crippen LogP) is 4.08. The van der Waals surface area contributed by atoms with Gasteiger partial charge in [0.25, 0.3) is 0 Å². The zero-order chi connectivity index (χ0) is 18.6. The van der Waals surface area contributed by atoms with Crippen molar-refractivity contribution in [2.45, 2.75) is 23.5 Å². The van der Waals surface area contributed by atoms with Crippen molar-refractivity contribution in [3.63, 3.8) is 0 Å². The molecule has 134 valence electrons. The number of halogens is 1. The lowest BCUT2D eigenvalue weighted by atomic mass is 9.97. The summed E-state index contributed by atoms with van der Waals surface area (Å²) < 4.78 is 32.3. The Morgan fingerprint density at radius 3 is 2.40 bits per heavy atom. The van der Waals surface area contributed by atoms with Gasteiger partial charge >= 0.3 is 5.97 Å². The lowest BCUT2D eigenvalue weighted by molar-refractivity contribution is -0.137. The van der Waals surface area contributed by atoms with E-state index < -0.39 is 27.0 Å². The third kappa shape index (κ3) is 4.41. The molecule has 0 aliphatic heterocycles. The second-order valence-electron chi connectivity index (χ2n) is 5.74. The van der Waals surface area contributed by atoms with Crippen LogP contribution in [-0.2, 0) is 14.6 Å². The fraction of sp³-hybridized carbons (Fsp3) is 0.278. The normalized spacial score (nSPS) is 13.9. The lowest BCUT2D eigenvalue weighted by Gasteiger charge is -2.25. The molecule has 0 bridgehead atoms. The number of sulfone groups is 1. The molecule has 0 saturated heterocycles. The third-order valence-electron chi connectivity index (χ3n) is 3.93. The van der Waals surface area contributed by atoms with Gasteiger partial charge in [0.05, 0.1) is 17.3 Å². The van der Waals surface area contributed by atoms with Gasteiger partial charge in [0.1, 0.15) is 5.75 Å². The van der Waals surface area contributed by atoms with Crippen molar-refractivity contribution in [2.24, 2.45) is 5.92 Å². The van der Waals surface area contributed by atoms with Crippen molar-refractivity contribution >= 4 is 31.7 Å². The van der Waals surface area contributed by atoms with Crippen molar-refractivity contribution in [1.82, 2.24) is 0 Å². The molecule has 25 heavy (non-hydrogen) atoms. The van der Waals surface area contributed by atoms with Crippen molar-refractivity contribution in [3.05, 3.63) is 58.6 Å². The first-order valence-corrected chi connectivity index (χ1v) is 9.95. The molecule has 2 atom stereocenters. The van der Waals surface area contributed by atoms with E-state index in [-0.39, 0.29) is 11.3 Å². The maximum atomic E-state index is 13.3. The third-order valence-corrected chi connectivity index (χ3v) is 6.97. The average Bonchev–Trinajstić information content (AvgIpc) is 2.56. The molecular weight excluding hydrogens is 408 g/mol. The van der Waals surface area contributed by atoms with E-state index >= 15 is 0 Å². The van der Waals surface area contributed by atoms with E-state index in [1.165, 1.54) is 19.2 Å². The number of aliphatic carboxylic acids is 1. The van der Waals surface area contributed by atoms with E-state index in [0.717, 1.165) is 0 Å². The highest BCUT2D eigenvalue weighted by molar-refractivity contribution is 9.10. The number of hydrogen-bond donors (Lipinski definition) is 1. The summed E-state index contributed by atoms with van der Waals surface area (Å²) in [6, 6.07) is 13.1. The molecule has 2 aromatic rings. The molecule has 2 aromatic carbocycles. The highest BCUT2D eigenvalue weighted by atomic mass is 79.9. The number of benzene rings is 2. The summed E-state index contributed by atoms with van der Waals surface area (Å²) >= 11 is 3.39. The van der Waals surface area contributed by atoms with Crippen LogP contribution < -0.4 is 4.74 Å². The van der Waals surface area contributed by atoms with Crippen LogP contribution in [-0.4, -0.2) is 26.6 Å². The van der Waals surface area contributed by atoms with Crippen LogP contribution in [0.4, 0.5) is 0 Å². The van der Waals surface area contributed by atoms with Gasteiger partial charge in [-0.15, -0.1) is 0 Å². The SMILES string of the molecule is COc1ccc(Br)c([C@@H]([C@H](C)CC(=O)O)S(=O)(=O)c2ccccc2)c1. The molecule has 0 heterocycles. The van der Waals surface area contributed by atoms with Gasteiger partial charge in [0.15, 0.2) is 9.84 Å². The summed E-state index contributed by atoms with van der Waals surface area (Å²) in [5.74, 6) is -1.17. The molecule has 0 radical (unpaired) electrons. The Hall–Kier alpha value is -1.86. The van der Waals surface area contributed by atoms with Crippen LogP contribution in [0.1, 0.15) is 24.2 Å². The van der Waals surface area contributed by atoms with Gasteiger partial charge in [0, 0.05) is 10.9 Å². The highest BCUT2D eigenvalue weighted by Crippen LogP contribution is 2.41. The number of carboxylic acid groups (broad SMARTS) is 1. The first-order valence-electron chi connectivity index (χ1n) is 7.61. The number of ether oxygens (including phenoxy) is 1. The van der Waals surface area contributed by atoms with Gasteiger partial charge in [-0.3, -0.25) is 4.79 Å². The van der Waals surface area contributed by atoms with Gasteiger partial charge < -0.3 is 9.84 Å². The minimum Gasteiger partial charge on any atom is -0.497 e. The van der Waals surface area contributed by atoms with Crippen molar-refractivity contribution < 1.29 is 23.1 Å². The molecule has 1 N–H and O–H groups in total. The first-order chi connectivity index (χ1) is 11.8. The average molecular weight is 427 g/mol. The van der Waals surface area contributed by atoms with E-state index in [0.29, 0.717) is 15.8 Å². The molecule has 0 aliphatic carbocycles. The van der Waals surface area contributed by atoms with E-state index in [9.17, 15) is 13.2 Å². The van der Waals surface area contributed by atoms with Crippen LogP contribution in [0.15, 0.2) is 57.9 Å². The smallest absolute Gasteiger partial charge is 0.303 e. The van der Waals surface area contributed by atoms with E-state index in [1.807, 2.05) is 0 Å². The molecule has 0 spiro atoms. The fourth-order valence-electron chi connectivity index (χ4n) is 2.79. The molecule has 0 aliphatic rings. The summed E-state index contributed by atoms with van der Waals surface area (Å²) in [5, 5.41) is 8.14. The zero-order valence-corrected chi connectivity index (χ0v) is 16.2. The largest absolute Gasteiger partial charge is 0.497 e. The quantitative estimate of drug-likeness (QED) is 0.720. The Bertz CT molecular complexity index is 849. The molecule has 0 amide bonds. The highest BCUT2D eigenvalue weighted by Gasteiger charge is 2.36. The first kappa shape index (κ1) is 19.5. The van der Waals surface area contributed by atoms with Crippen LogP contribution in [0, 0.1) is 5.92 Å². The van der Waals surface area contributed by atoms with Gasteiger partial charge in [-0.1, -0.05) is 41.1 Å². The Morgan fingerprint density at radius 1 is 1.20 bits per heavy atom. The monoisotopic (exact) mass is 426 g/mol. The molecule has 2 rings (SSSR count). The number of carbonyl (C=O) groups is 1. The molecule has 0 saturated carbocycles. The molecule has 7 heteroatoms. The predicted molar refractivity (Wildman–Crippen MR) is 98.5 cm³/mol. The maximum absolute atomic E-state index is 13.3. The number of hydrogen-bond acceptors (Lipinski definition) is 4. The second kappa shape index (κ2) is 8.01. The number of carboxylic acids is 1. The van der Waals surface area contributed by atoms with Crippen LogP contribution in [0.3, 0.4) is 0 Å². The summed E-state index contributed by atoms with van der Waals surface area (Å²) in [4.78, 5) is 11.3. The van der Waals surface area contributed by atoms with Gasteiger partial charge in [-0.05, 0) is 41.8 Å². The number of methoxy groups -OCH3 is 1. The van der Waals surface area contributed by atoms with E-state index in [2.05, 4.69) is 15.9 Å². The standard InChI is InChI=1S/C18H19BrO5S/c1-12(10-17(20)21)18(15-11-13(24-2)8-9-16(15)19)25(22,23)14-6-4-3-5-7-14/h3-9,11-12,18H,10H2,1-2H3,(H,20,21)/t12-,18-/m1/s1. The van der Waals surface area contributed by atoms with Crippen LogP contribution in [0.2, 0.25) is 0 Å². The minimum absolute atomic E-state index is 0.159. The summed E-state index contributed by atoms with van der Waals surface area (Å²) in [6.45, 7) is 1.63. The molecule has 0 unspecified atom stereocenters. The maximum Gasteiger partial charge on any atom is 0.303 e. The summed E-state index contributed by atoms with van der Waals surface area (Å²) in [6.07, 6.45) is -0.264. The molecular formula is C18H19BrO5S. The van der Waals surface area contributed by atoms with Crippen molar-refractivity contribution in [2.75, 3.05) is 7.11 Å². The molecule has 0 aromatic heterocycles. The van der Waals surface area contributed by atoms with Crippen LogP contribution in [0.25, 0.3) is 0 Å². The van der Waals surface area contributed by atoms with E-state index in [1.54, 1.807) is 43.3 Å². The number of rotatable bonds is 7. The van der Waals surface area contributed by atoms with Crippen LogP contribution >= 0.6 is 15.9 Å². The Kier molecular flexibility index (Phi) is 6.24. The van der Waals surface area contributed by atoms with Gasteiger partial charge in [-0.2, -0.15) is 0 Å². The summed E-state index contributed by atoms with van der Waals surface area (Å²) in [7, 11) is -2.30. The molecule has 0 fully saturated rings. The second-order valence-corrected chi connectivity index (χ2v) is 8.66. The Balaban J connectivity index is 2.64. The van der Waals surface area contributed by atoms with Gasteiger partial charge in [0.2, 0.25) is 0 Å². The minimum atomic E-state index is -3.80. The Labute approximate surface area is 155 Å². The molecule has 5 nitrogen and oxygen atoms in total. The van der Waals surface area contributed by atoms with E-state index in [4.69, 9.17) is 9.84 Å². The summed E-state index contributed by atoms with van der Waals surface area (Å²) in [5.41, 5.74) is 0.483. The topological polar surface area (TPSA) is 80.7 Å². The van der Waals surface area contributed by atoms with Crippen molar-refractivity contribution in [1.29, 1.82) is 0 Å². The Morgan fingerprint density at radius 2 is 1.84 bits per heavy atom. The fourth-order valence-corrected chi connectivity index (χ4v) is 5.50.